The number of alkyl halides is 3. The van der Waals surface area contributed by atoms with Gasteiger partial charge in [0.2, 0.25) is 10.0 Å². The molecule has 0 bridgehead atoms. The zero-order valence-electron chi connectivity index (χ0n) is 15.1. The Bertz CT molecular complexity index is 1000. The van der Waals surface area contributed by atoms with Crippen LogP contribution in [0.1, 0.15) is 34.3 Å². The van der Waals surface area contributed by atoms with Crippen molar-refractivity contribution in [2.75, 3.05) is 21.9 Å². The van der Waals surface area contributed by atoms with E-state index in [-0.39, 0.29) is 17.0 Å². The third-order valence-electron chi connectivity index (χ3n) is 4.54. The lowest BCUT2D eigenvalue weighted by Gasteiger charge is -2.29. The second-order valence-corrected chi connectivity index (χ2v) is 8.64. The average Bonchev–Trinajstić information content (AvgIpc) is 2.61. The topological polar surface area (TPSA) is 66.5 Å². The van der Waals surface area contributed by atoms with Crippen molar-refractivity contribution >= 4 is 27.3 Å². The molecule has 0 aromatic heterocycles. The fourth-order valence-electron chi connectivity index (χ4n) is 3.06. The summed E-state index contributed by atoms with van der Waals surface area (Å²) < 4.78 is 64.5. The minimum atomic E-state index is -4.51. The highest BCUT2D eigenvalue weighted by Crippen LogP contribution is 2.31. The standard InChI is InChI=1S/C19H19F3N2O3S/c1-13-7-8-14(11-17(13)24-9-2-3-10-28(24,26)27)18(25)23-16-6-4-5-15(12-16)19(20,21)22/h4-8,11-12H,2-3,9-10H2,1H3,(H,23,25). The van der Waals surface area contributed by atoms with Crippen molar-refractivity contribution in [2.24, 2.45) is 0 Å². The number of hydrogen-bond donors (Lipinski definition) is 1. The van der Waals surface area contributed by atoms with E-state index in [4.69, 9.17) is 0 Å². The van der Waals surface area contributed by atoms with Gasteiger partial charge in [-0.2, -0.15) is 13.2 Å². The second-order valence-electron chi connectivity index (χ2n) is 6.63. The first-order chi connectivity index (χ1) is 13.1. The zero-order chi connectivity index (χ0) is 20.5. The zero-order valence-corrected chi connectivity index (χ0v) is 15.9. The fraction of sp³-hybridized carbons (Fsp3) is 0.316. The van der Waals surface area contributed by atoms with Crippen molar-refractivity contribution in [1.82, 2.24) is 0 Å². The van der Waals surface area contributed by atoms with Crippen LogP contribution in [0.4, 0.5) is 24.5 Å². The predicted molar refractivity (Wildman–Crippen MR) is 101 cm³/mol. The highest BCUT2D eigenvalue weighted by atomic mass is 32.2. The summed E-state index contributed by atoms with van der Waals surface area (Å²) in [5, 5.41) is 2.43. The van der Waals surface area contributed by atoms with Crippen LogP contribution in [0.5, 0.6) is 0 Å². The van der Waals surface area contributed by atoms with Crippen LogP contribution in [-0.4, -0.2) is 26.6 Å². The summed E-state index contributed by atoms with van der Waals surface area (Å²) in [4.78, 5) is 12.5. The molecule has 3 rings (SSSR count). The van der Waals surface area contributed by atoms with E-state index in [2.05, 4.69) is 5.32 Å². The molecule has 0 atom stereocenters. The van der Waals surface area contributed by atoms with E-state index in [1.165, 1.54) is 28.6 Å². The summed E-state index contributed by atoms with van der Waals surface area (Å²) in [6.45, 7) is 2.08. The third kappa shape index (κ3) is 4.30. The number of aryl methyl sites for hydroxylation is 1. The monoisotopic (exact) mass is 412 g/mol. The minimum absolute atomic E-state index is 0.00699. The molecule has 0 aliphatic carbocycles. The summed E-state index contributed by atoms with van der Waals surface area (Å²) in [6, 6.07) is 8.93. The first-order valence-corrected chi connectivity index (χ1v) is 10.3. The number of halogens is 3. The molecule has 1 amide bonds. The van der Waals surface area contributed by atoms with E-state index < -0.39 is 27.7 Å². The van der Waals surface area contributed by atoms with E-state index >= 15 is 0 Å². The summed E-state index contributed by atoms with van der Waals surface area (Å²) in [6.07, 6.45) is -3.20. The molecular formula is C19H19F3N2O3S. The first kappa shape index (κ1) is 20.2. The molecule has 1 aliphatic heterocycles. The van der Waals surface area contributed by atoms with E-state index in [0.29, 0.717) is 24.2 Å². The van der Waals surface area contributed by atoms with Crippen molar-refractivity contribution in [3.63, 3.8) is 0 Å². The van der Waals surface area contributed by atoms with Gasteiger partial charge in [0.15, 0.2) is 0 Å². The van der Waals surface area contributed by atoms with Crippen LogP contribution in [0.25, 0.3) is 0 Å². The number of benzene rings is 2. The highest BCUT2D eigenvalue weighted by Gasteiger charge is 2.31. The molecule has 150 valence electrons. The van der Waals surface area contributed by atoms with Crippen LogP contribution in [0.15, 0.2) is 42.5 Å². The average molecular weight is 412 g/mol. The molecule has 1 heterocycles. The van der Waals surface area contributed by atoms with Crippen molar-refractivity contribution in [3.8, 4) is 0 Å². The predicted octanol–water partition coefficient (Wildman–Crippen LogP) is 4.20. The summed E-state index contributed by atoms with van der Waals surface area (Å²) in [5.41, 5.74) is 0.415. The normalized spacial score (nSPS) is 16.6. The molecule has 1 N–H and O–H groups in total. The molecule has 2 aromatic carbocycles. The SMILES string of the molecule is Cc1ccc(C(=O)Nc2cccc(C(F)(F)F)c2)cc1N1CCCCS1(=O)=O. The molecule has 2 aromatic rings. The fourth-order valence-corrected chi connectivity index (χ4v) is 4.75. The summed E-state index contributed by atoms with van der Waals surface area (Å²) in [5.74, 6) is -0.567. The van der Waals surface area contributed by atoms with Crippen LogP contribution in [0.2, 0.25) is 0 Å². The molecule has 0 spiro atoms. The van der Waals surface area contributed by atoms with Gasteiger partial charge in [0.25, 0.3) is 5.91 Å². The molecule has 5 nitrogen and oxygen atoms in total. The van der Waals surface area contributed by atoms with Crippen LogP contribution >= 0.6 is 0 Å². The van der Waals surface area contributed by atoms with Crippen molar-refractivity contribution in [1.29, 1.82) is 0 Å². The van der Waals surface area contributed by atoms with Crippen LogP contribution in [-0.2, 0) is 16.2 Å². The van der Waals surface area contributed by atoms with Gasteiger partial charge in [-0.25, -0.2) is 8.42 Å². The van der Waals surface area contributed by atoms with E-state index in [9.17, 15) is 26.4 Å². The van der Waals surface area contributed by atoms with Gasteiger partial charge in [-0.05, 0) is 55.7 Å². The molecule has 1 fully saturated rings. The quantitative estimate of drug-likeness (QED) is 0.822. The maximum atomic E-state index is 12.8. The Hall–Kier alpha value is -2.55. The molecule has 1 saturated heterocycles. The number of anilines is 2. The van der Waals surface area contributed by atoms with Crippen LogP contribution in [0, 0.1) is 6.92 Å². The molecule has 9 heteroatoms. The number of carbonyl (C=O) groups is 1. The Morgan fingerprint density at radius 3 is 2.54 bits per heavy atom. The van der Waals surface area contributed by atoms with Gasteiger partial charge in [-0.15, -0.1) is 0 Å². The molecular weight excluding hydrogens is 393 g/mol. The lowest BCUT2D eigenvalue weighted by atomic mass is 10.1. The largest absolute Gasteiger partial charge is 0.416 e. The Morgan fingerprint density at radius 2 is 1.86 bits per heavy atom. The van der Waals surface area contributed by atoms with Gasteiger partial charge >= 0.3 is 6.18 Å². The number of sulfonamides is 1. The van der Waals surface area contributed by atoms with E-state index in [1.807, 2.05) is 0 Å². The van der Waals surface area contributed by atoms with Crippen molar-refractivity contribution in [2.45, 2.75) is 25.9 Å². The van der Waals surface area contributed by atoms with Gasteiger partial charge in [-0.3, -0.25) is 9.10 Å². The van der Waals surface area contributed by atoms with E-state index in [1.54, 1.807) is 13.0 Å². The van der Waals surface area contributed by atoms with Crippen molar-refractivity contribution < 1.29 is 26.4 Å². The minimum Gasteiger partial charge on any atom is -0.322 e. The van der Waals surface area contributed by atoms with E-state index in [0.717, 1.165) is 18.6 Å². The Labute approximate surface area is 161 Å². The number of amides is 1. The lowest BCUT2D eigenvalue weighted by molar-refractivity contribution is -0.137. The molecule has 0 unspecified atom stereocenters. The molecule has 1 aliphatic rings. The Balaban J connectivity index is 1.87. The number of nitrogens with zero attached hydrogens (tertiary/aromatic N) is 1. The van der Waals surface area contributed by atoms with Gasteiger partial charge in [0.05, 0.1) is 17.0 Å². The van der Waals surface area contributed by atoms with Crippen LogP contribution < -0.4 is 9.62 Å². The second kappa shape index (κ2) is 7.46. The van der Waals surface area contributed by atoms with Crippen molar-refractivity contribution in [3.05, 3.63) is 59.2 Å². The van der Waals surface area contributed by atoms with Gasteiger partial charge in [0, 0.05) is 17.8 Å². The Kier molecular flexibility index (Phi) is 5.38. The smallest absolute Gasteiger partial charge is 0.322 e. The first-order valence-electron chi connectivity index (χ1n) is 8.67. The molecule has 0 radical (unpaired) electrons. The molecule has 0 saturated carbocycles. The number of carbonyl (C=O) groups excluding carboxylic acids is 1. The Morgan fingerprint density at radius 1 is 1.11 bits per heavy atom. The van der Waals surface area contributed by atoms with Gasteiger partial charge in [-0.1, -0.05) is 12.1 Å². The summed E-state index contributed by atoms with van der Waals surface area (Å²) in [7, 11) is -3.45. The number of nitrogens with one attached hydrogen (secondary N) is 1. The maximum Gasteiger partial charge on any atom is 0.416 e. The number of hydrogen-bond acceptors (Lipinski definition) is 3. The maximum absolute atomic E-state index is 12.8. The number of rotatable bonds is 3. The third-order valence-corrected chi connectivity index (χ3v) is 6.39. The highest BCUT2D eigenvalue weighted by molar-refractivity contribution is 7.92. The van der Waals surface area contributed by atoms with Gasteiger partial charge < -0.3 is 5.32 Å². The van der Waals surface area contributed by atoms with Crippen LogP contribution in [0.3, 0.4) is 0 Å². The summed E-state index contributed by atoms with van der Waals surface area (Å²) >= 11 is 0. The molecule has 28 heavy (non-hydrogen) atoms. The lowest BCUT2D eigenvalue weighted by Crippen LogP contribution is -2.38. The van der Waals surface area contributed by atoms with Gasteiger partial charge in [0.1, 0.15) is 0 Å².